The van der Waals surface area contributed by atoms with E-state index in [2.05, 4.69) is 0 Å². The Morgan fingerprint density at radius 1 is 1.54 bits per heavy atom. The Hall–Kier alpha value is -1.35. The van der Waals surface area contributed by atoms with Gasteiger partial charge in [-0.15, -0.1) is 0 Å². The molecule has 0 aliphatic heterocycles. The van der Waals surface area contributed by atoms with Crippen LogP contribution in [0, 0.1) is 5.82 Å². The maximum Gasteiger partial charge on any atom is 0.124 e. The van der Waals surface area contributed by atoms with Crippen molar-refractivity contribution in [2.45, 2.75) is 13.0 Å². The molecule has 3 heteroatoms. The normalized spacial score (nSPS) is 13.5. The first kappa shape index (κ1) is 9.74. The lowest BCUT2D eigenvalue weighted by atomic mass is 10.1. The lowest BCUT2D eigenvalue weighted by molar-refractivity contribution is 0.471. The number of phenols is 1. The summed E-state index contributed by atoms with van der Waals surface area (Å²) in [4.78, 5) is 0. The SMILES string of the molecule is CC(N)/C=C/c1cc(F)ccc1O. The van der Waals surface area contributed by atoms with Crippen LogP contribution in [0.1, 0.15) is 12.5 Å². The van der Waals surface area contributed by atoms with Gasteiger partial charge in [-0.05, 0) is 25.1 Å². The smallest absolute Gasteiger partial charge is 0.124 e. The molecule has 2 nitrogen and oxygen atoms in total. The van der Waals surface area contributed by atoms with Crippen molar-refractivity contribution in [2.75, 3.05) is 0 Å². The Morgan fingerprint density at radius 3 is 2.85 bits per heavy atom. The zero-order valence-corrected chi connectivity index (χ0v) is 7.37. The minimum atomic E-state index is -0.373. The number of hydrogen-bond acceptors (Lipinski definition) is 2. The minimum Gasteiger partial charge on any atom is -0.507 e. The van der Waals surface area contributed by atoms with Crippen LogP contribution in [0.15, 0.2) is 24.3 Å². The molecule has 0 fully saturated rings. The van der Waals surface area contributed by atoms with Crippen LogP contribution in [0.25, 0.3) is 6.08 Å². The minimum absolute atomic E-state index is 0.0540. The zero-order valence-electron chi connectivity index (χ0n) is 7.37. The van der Waals surface area contributed by atoms with E-state index in [9.17, 15) is 9.50 Å². The van der Waals surface area contributed by atoms with Crippen molar-refractivity contribution in [3.8, 4) is 5.75 Å². The van der Waals surface area contributed by atoms with Crippen molar-refractivity contribution < 1.29 is 9.50 Å². The number of nitrogens with two attached hydrogens (primary N) is 1. The van der Waals surface area contributed by atoms with E-state index < -0.39 is 0 Å². The van der Waals surface area contributed by atoms with Crippen molar-refractivity contribution in [1.29, 1.82) is 0 Å². The van der Waals surface area contributed by atoms with Crippen LogP contribution in [0.4, 0.5) is 4.39 Å². The molecular formula is C10H12FNO. The zero-order chi connectivity index (χ0) is 9.84. The molecule has 0 heterocycles. The van der Waals surface area contributed by atoms with Crippen LogP contribution < -0.4 is 5.73 Å². The van der Waals surface area contributed by atoms with Gasteiger partial charge in [0.2, 0.25) is 0 Å². The third kappa shape index (κ3) is 2.87. The van der Waals surface area contributed by atoms with Gasteiger partial charge in [-0.25, -0.2) is 4.39 Å². The summed E-state index contributed by atoms with van der Waals surface area (Å²) in [5.41, 5.74) is 5.91. The lowest BCUT2D eigenvalue weighted by Gasteiger charge is -1.99. The van der Waals surface area contributed by atoms with E-state index in [0.29, 0.717) is 5.56 Å². The Bertz CT molecular complexity index is 321. The fourth-order valence-corrected chi connectivity index (χ4v) is 0.914. The lowest BCUT2D eigenvalue weighted by Crippen LogP contribution is -2.09. The standard InChI is InChI=1S/C10H12FNO/c1-7(12)2-3-8-6-9(11)4-5-10(8)13/h2-7,13H,12H2,1H3/b3-2+. The number of benzene rings is 1. The van der Waals surface area contributed by atoms with Crippen LogP contribution in [0.5, 0.6) is 5.75 Å². The summed E-state index contributed by atoms with van der Waals surface area (Å²) in [6.45, 7) is 1.80. The van der Waals surface area contributed by atoms with Gasteiger partial charge in [-0.3, -0.25) is 0 Å². The second-order valence-corrected chi connectivity index (χ2v) is 2.92. The Balaban J connectivity index is 2.93. The van der Waals surface area contributed by atoms with Gasteiger partial charge in [0.1, 0.15) is 11.6 Å². The monoisotopic (exact) mass is 181 g/mol. The maximum atomic E-state index is 12.7. The molecule has 1 atom stereocenters. The van der Waals surface area contributed by atoms with Crippen molar-refractivity contribution in [1.82, 2.24) is 0 Å². The molecule has 0 radical (unpaired) electrons. The third-order valence-corrected chi connectivity index (χ3v) is 1.57. The molecule has 0 amide bonds. The van der Waals surface area contributed by atoms with Crippen LogP contribution in [-0.2, 0) is 0 Å². The highest BCUT2D eigenvalue weighted by molar-refractivity contribution is 5.57. The fourth-order valence-electron chi connectivity index (χ4n) is 0.914. The van der Waals surface area contributed by atoms with Crippen LogP contribution in [-0.4, -0.2) is 11.1 Å². The molecule has 70 valence electrons. The molecule has 0 saturated heterocycles. The van der Waals surface area contributed by atoms with Gasteiger partial charge in [-0.1, -0.05) is 12.2 Å². The van der Waals surface area contributed by atoms with Crippen LogP contribution in [0.2, 0.25) is 0 Å². The van der Waals surface area contributed by atoms with Crippen molar-refractivity contribution in [3.63, 3.8) is 0 Å². The van der Waals surface area contributed by atoms with Crippen molar-refractivity contribution in [3.05, 3.63) is 35.7 Å². The molecule has 13 heavy (non-hydrogen) atoms. The predicted molar refractivity (Wildman–Crippen MR) is 50.7 cm³/mol. The Morgan fingerprint density at radius 2 is 2.23 bits per heavy atom. The van der Waals surface area contributed by atoms with E-state index in [-0.39, 0.29) is 17.6 Å². The molecule has 0 bridgehead atoms. The first-order valence-electron chi connectivity index (χ1n) is 4.02. The molecule has 0 saturated carbocycles. The molecule has 0 aliphatic carbocycles. The number of hydrogen-bond donors (Lipinski definition) is 2. The molecule has 1 aromatic rings. The molecule has 3 N–H and O–H groups in total. The second kappa shape index (κ2) is 4.05. The number of aromatic hydroxyl groups is 1. The summed E-state index contributed by atoms with van der Waals surface area (Å²) < 4.78 is 12.7. The van der Waals surface area contributed by atoms with Gasteiger partial charge in [0.05, 0.1) is 0 Å². The molecule has 0 aliphatic rings. The highest BCUT2D eigenvalue weighted by atomic mass is 19.1. The molecule has 0 spiro atoms. The van der Waals surface area contributed by atoms with E-state index in [1.165, 1.54) is 18.2 Å². The molecule has 1 unspecified atom stereocenters. The number of halogens is 1. The summed E-state index contributed by atoms with van der Waals surface area (Å²) in [6.07, 6.45) is 3.29. The molecular weight excluding hydrogens is 169 g/mol. The topological polar surface area (TPSA) is 46.2 Å². The maximum absolute atomic E-state index is 12.7. The van der Waals surface area contributed by atoms with Gasteiger partial charge < -0.3 is 10.8 Å². The average molecular weight is 181 g/mol. The average Bonchev–Trinajstić information content (AvgIpc) is 2.06. The van der Waals surface area contributed by atoms with E-state index in [4.69, 9.17) is 5.73 Å². The van der Waals surface area contributed by atoms with E-state index >= 15 is 0 Å². The Kier molecular flexibility index (Phi) is 3.03. The first-order valence-corrected chi connectivity index (χ1v) is 4.02. The Labute approximate surface area is 76.5 Å². The predicted octanol–water partition coefficient (Wildman–Crippen LogP) is 1.89. The van der Waals surface area contributed by atoms with Crippen LogP contribution >= 0.6 is 0 Å². The largest absolute Gasteiger partial charge is 0.507 e. The van der Waals surface area contributed by atoms with Gasteiger partial charge in [0, 0.05) is 11.6 Å². The summed E-state index contributed by atoms with van der Waals surface area (Å²) >= 11 is 0. The van der Waals surface area contributed by atoms with Gasteiger partial charge >= 0.3 is 0 Å². The van der Waals surface area contributed by atoms with E-state index in [1.54, 1.807) is 19.1 Å². The first-order chi connectivity index (χ1) is 6.09. The summed E-state index contributed by atoms with van der Waals surface area (Å²) in [5.74, 6) is -0.319. The van der Waals surface area contributed by atoms with E-state index in [0.717, 1.165) is 0 Å². The third-order valence-electron chi connectivity index (χ3n) is 1.57. The van der Waals surface area contributed by atoms with Gasteiger partial charge in [0.15, 0.2) is 0 Å². The fraction of sp³-hybridized carbons (Fsp3) is 0.200. The summed E-state index contributed by atoms with van der Waals surface area (Å²) in [7, 11) is 0. The molecule has 1 aromatic carbocycles. The highest BCUT2D eigenvalue weighted by Gasteiger charge is 1.98. The highest BCUT2D eigenvalue weighted by Crippen LogP contribution is 2.19. The summed E-state index contributed by atoms with van der Waals surface area (Å²) in [5, 5.41) is 9.29. The van der Waals surface area contributed by atoms with Crippen molar-refractivity contribution in [2.24, 2.45) is 5.73 Å². The summed E-state index contributed by atoms with van der Waals surface area (Å²) in [6, 6.07) is 3.67. The van der Waals surface area contributed by atoms with Crippen molar-refractivity contribution >= 4 is 6.08 Å². The number of phenolic OH excluding ortho intramolecular Hbond substituents is 1. The molecule has 1 rings (SSSR count). The quantitative estimate of drug-likeness (QED) is 0.731. The van der Waals surface area contributed by atoms with Gasteiger partial charge in [0.25, 0.3) is 0 Å². The van der Waals surface area contributed by atoms with Crippen LogP contribution in [0.3, 0.4) is 0 Å². The van der Waals surface area contributed by atoms with Gasteiger partial charge in [-0.2, -0.15) is 0 Å². The molecule has 0 aromatic heterocycles. The number of rotatable bonds is 2. The second-order valence-electron chi connectivity index (χ2n) is 2.92. The van der Waals surface area contributed by atoms with E-state index in [1.807, 2.05) is 0 Å².